The van der Waals surface area contributed by atoms with Crippen molar-refractivity contribution in [3.63, 3.8) is 0 Å². The van der Waals surface area contributed by atoms with Crippen LogP contribution < -0.4 is 4.90 Å². The van der Waals surface area contributed by atoms with E-state index in [9.17, 15) is 0 Å². The number of rotatable bonds is 1. The number of hydrogen-bond donors (Lipinski definition) is 0. The molecule has 1 atom stereocenters. The standard InChI is InChI=1S/C11H14BrNO/c1-9-8-14-7-6-13(9)11-4-2-10(12)3-5-11/h2-5,9H,6-8H2,1H3. The Bertz CT molecular complexity index is 299. The molecule has 0 N–H and O–H groups in total. The fraction of sp³-hybridized carbons (Fsp3) is 0.455. The van der Waals surface area contributed by atoms with Crippen LogP contribution >= 0.6 is 15.9 Å². The summed E-state index contributed by atoms with van der Waals surface area (Å²) in [5, 5.41) is 0. The normalized spacial score (nSPS) is 22.4. The molecule has 0 aliphatic carbocycles. The first kappa shape index (κ1) is 9.99. The van der Waals surface area contributed by atoms with E-state index in [1.54, 1.807) is 0 Å². The molecule has 0 bridgehead atoms. The Kier molecular flexibility index (Phi) is 3.08. The molecular weight excluding hydrogens is 242 g/mol. The van der Waals surface area contributed by atoms with Crippen molar-refractivity contribution < 1.29 is 4.74 Å². The van der Waals surface area contributed by atoms with Gasteiger partial charge in [-0.3, -0.25) is 0 Å². The van der Waals surface area contributed by atoms with E-state index in [0.717, 1.165) is 24.2 Å². The average molecular weight is 256 g/mol. The molecule has 0 amide bonds. The second kappa shape index (κ2) is 4.32. The molecule has 3 heteroatoms. The molecule has 2 rings (SSSR count). The first-order valence-corrected chi connectivity index (χ1v) is 5.66. The van der Waals surface area contributed by atoms with E-state index in [1.807, 2.05) is 0 Å². The van der Waals surface area contributed by atoms with Gasteiger partial charge in [0.15, 0.2) is 0 Å². The van der Waals surface area contributed by atoms with Gasteiger partial charge < -0.3 is 9.64 Å². The number of morpholine rings is 1. The number of benzene rings is 1. The average Bonchev–Trinajstić information content (AvgIpc) is 2.20. The highest BCUT2D eigenvalue weighted by Crippen LogP contribution is 2.21. The van der Waals surface area contributed by atoms with Gasteiger partial charge in [0.05, 0.1) is 13.2 Å². The lowest BCUT2D eigenvalue weighted by molar-refractivity contribution is 0.0989. The van der Waals surface area contributed by atoms with Crippen LogP contribution in [0.15, 0.2) is 28.7 Å². The third kappa shape index (κ3) is 2.10. The van der Waals surface area contributed by atoms with E-state index in [0.29, 0.717) is 6.04 Å². The van der Waals surface area contributed by atoms with E-state index in [-0.39, 0.29) is 0 Å². The van der Waals surface area contributed by atoms with Gasteiger partial charge in [-0.05, 0) is 31.2 Å². The Balaban J connectivity index is 2.16. The molecular formula is C11H14BrNO. The molecule has 0 radical (unpaired) electrons. The summed E-state index contributed by atoms with van der Waals surface area (Å²) < 4.78 is 6.53. The lowest BCUT2D eigenvalue weighted by atomic mass is 10.2. The van der Waals surface area contributed by atoms with Gasteiger partial charge in [-0.15, -0.1) is 0 Å². The van der Waals surface area contributed by atoms with Crippen molar-refractivity contribution in [2.45, 2.75) is 13.0 Å². The molecule has 2 nitrogen and oxygen atoms in total. The van der Waals surface area contributed by atoms with Crippen LogP contribution in [0.3, 0.4) is 0 Å². The smallest absolute Gasteiger partial charge is 0.0668 e. The highest BCUT2D eigenvalue weighted by atomic mass is 79.9. The Morgan fingerprint density at radius 1 is 1.36 bits per heavy atom. The van der Waals surface area contributed by atoms with Crippen molar-refractivity contribution in [2.24, 2.45) is 0 Å². The lowest BCUT2D eigenvalue weighted by Crippen LogP contribution is -2.43. The van der Waals surface area contributed by atoms with Crippen molar-refractivity contribution in [1.29, 1.82) is 0 Å². The van der Waals surface area contributed by atoms with Crippen molar-refractivity contribution in [1.82, 2.24) is 0 Å². The predicted molar refractivity (Wildman–Crippen MR) is 61.8 cm³/mol. The van der Waals surface area contributed by atoms with Crippen molar-refractivity contribution in [3.8, 4) is 0 Å². The Labute approximate surface area is 93.0 Å². The number of nitrogens with zero attached hydrogens (tertiary/aromatic N) is 1. The third-order valence-electron chi connectivity index (χ3n) is 2.53. The van der Waals surface area contributed by atoms with Crippen LogP contribution in [-0.4, -0.2) is 25.8 Å². The second-order valence-corrected chi connectivity index (χ2v) is 4.51. The number of anilines is 1. The molecule has 1 aromatic carbocycles. The van der Waals surface area contributed by atoms with Crippen molar-refractivity contribution in [2.75, 3.05) is 24.7 Å². The van der Waals surface area contributed by atoms with Gasteiger partial charge in [-0.25, -0.2) is 0 Å². The topological polar surface area (TPSA) is 12.5 Å². The fourth-order valence-electron chi connectivity index (χ4n) is 1.74. The summed E-state index contributed by atoms with van der Waals surface area (Å²) in [4.78, 5) is 2.38. The van der Waals surface area contributed by atoms with E-state index >= 15 is 0 Å². The van der Waals surface area contributed by atoms with E-state index in [1.165, 1.54) is 5.69 Å². The van der Waals surface area contributed by atoms with Crippen molar-refractivity contribution in [3.05, 3.63) is 28.7 Å². The van der Waals surface area contributed by atoms with Crippen molar-refractivity contribution >= 4 is 21.6 Å². The molecule has 1 unspecified atom stereocenters. The monoisotopic (exact) mass is 255 g/mol. The molecule has 1 aliphatic heterocycles. The van der Waals surface area contributed by atoms with Crippen LogP contribution in [0, 0.1) is 0 Å². The summed E-state index contributed by atoms with van der Waals surface area (Å²) in [6.45, 7) is 4.85. The van der Waals surface area contributed by atoms with E-state index in [2.05, 4.69) is 52.0 Å². The first-order chi connectivity index (χ1) is 6.77. The maximum Gasteiger partial charge on any atom is 0.0668 e. The zero-order chi connectivity index (χ0) is 9.97. The Hall–Kier alpha value is -0.540. The zero-order valence-electron chi connectivity index (χ0n) is 8.24. The molecule has 1 aliphatic rings. The van der Waals surface area contributed by atoms with E-state index in [4.69, 9.17) is 4.74 Å². The fourth-order valence-corrected chi connectivity index (χ4v) is 2.01. The molecule has 1 aromatic rings. The van der Waals surface area contributed by atoms with Gasteiger partial charge >= 0.3 is 0 Å². The largest absolute Gasteiger partial charge is 0.377 e. The number of ether oxygens (including phenoxy) is 1. The SMILES string of the molecule is CC1COCCN1c1ccc(Br)cc1. The van der Waals surface area contributed by atoms with E-state index < -0.39 is 0 Å². The molecule has 1 saturated heterocycles. The van der Waals surface area contributed by atoms with Gasteiger partial charge in [0, 0.05) is 22.7 Å². The minimum Gasteiger partial charge on any atom is -0.377 e. The Morgan fingerprint density at radius 2 is 2.07 bits per heavy atom. The summed E-state index contributed by atoms with van der Waals surface area (Å²) in [6, 6.07) is 8.93. The van der Waals surface area contributed by atoms with Gasteiger partial charge in [0.1, 0.15) is 0 Å². The number of hydrogen-bond acceptors (Lipinski definition) is 2. The van der Waals surface area contributed by atoms with Crippen LogP contribution in [0.4, 0.5) is 5.69 Å². The van der Waals surface area contributed by atoms with Crippen LogP contribution in [0.25, 0.3) is 0 Å². The summed E-state index contributed by atoms with van der Waals surface area (Å²) in [5.41, 5.74) is 1.28. The minimum atomic E-state index is 0.477. The highest BCUT2D eigenvalue weighted by molar-refractivity contribution is 9.10. The second-order valence-electron chi connectivity index (χ2n) is 3.59. The van der Waals surface area contributed by atoms with Crippen LogP contribution in [-0.2, 0) is 4.74 Å². The third-order valence-corrected chi connectivity index (χ3v) is 3.05. The maximum absolute atomic E-state index is 5.41. The molecule has 0 spiro atoms. The highest BCUT2D eigenvalue weighted by Gasteiger charge is 2.18. The van der Waals surface area contributed by atoms with Crippen LogP contribution in [0.5, 0.6) is 0 Å². The molecule has 76 valence electrons. The molecule has 1 heterocycles. The minimum absolute atomic E-state index is 0.477. The number of halogens is 1. The first-order valence-electron chi connectivity index (χ1n) is 4.87. The molecule has 0 saturated carbocycles. The summed E-state index contributed by atoms with van der Waals surface area (Å²) in [6.07, 6.45) is 0. The molecule has 0 aromatic heterocycles. The quantitative estimate of drug-likeness (QED) is 0.766. The summed E-state index contributed by atoms with van der Waals surface area (Å²) >= 11 is 3.44. The van der Waals surface area contributed by atoms with Crippen LogP contribution in [0.1, 0.15) is 6.92 Å². The zero-order valence-corrected chi connectivity index (χ0v) is 9.83. The van der Waals surface area contributed by atoms with Gasteiger partial charge in [0.25, 0.3) is 0 Å². The predicted octanol–water partition coefficient (Wildman–Crippen LogP) is 2.67. The van der Waals surface area contributed by atoms with Gasteiger partial charge in [-0.2, -0.15) is 0 Å². The van der Waals surface area contributed by atoms with Crippen LogP contribution in [0.2, 0.25) is 0 Å². The summed E-state index contributed by atoms with van der Waals surface area (Å²) in [7, 11) is 0. The molecule has 1 fully saturated rings. The molecule has 14 heavy (non-hydrogen) atoms. The van der Waals surface area contributed by atoms with Gasteiger partial charge in [-0.1, -0.05) is 15.9 Å². The lowest BCUT2D eigenvalue weighted by Gasteiger charge is -2.35. The Morgan fingerprint density at radius 3 is 2.71 bits per heavy atom. The van der Waals surface area contributed by atoms with Gasteiger partial charge in [0.2, 0.25) is 0 Å². The maximum atomic E-state index is 5.41. The summed E-state index contributed by atoms with van der Waals surface area (Å²) in [5.74, 6) is 0.